The van der Waals surface area contributed by atoms with Crippen molar-refractivity contribution in [2.45, 2.75) is 39.7 Å². The molecule has 2 aromatic rings. The van der Waals surface area contributed by atoms with Gasteiger partial charge in [-0.3, -0.25) is 4.79 Å². The molecule has 0 fully saturated rings. The van der Waals surface area contributed by atoms with Crippen molar-refractivity contribution in [3.05, 3.63) is 33.9 Å². The number of benzene rings is 1. The molecule has 0 saturated heterocycles. The number of nitrogens with one attached hydrogen (secondary N) is 1. The highest BCUT2D eigenvalue weighted by Gasteiger charge is 2.19. The van der Waals surface area contributed by atoms with E-state index in [1.807, 2.05) is 39.8 Å². The fourth-order valence-corrected chi connectivity index (χ4v) is 2.64. The second-order valence-corrected chi connectivity index (χ2v) is 6.91. The van der Waals surface area contributed by atoms with Gasteiger partial charge >= 0.3 is 0 Å². The highest BCUT2D eigenvalue weighted by atomic mass is 35.5. The van der Waals surface area contributed by atoms with E-state index in [1.165, 1.54) is 0 Å². The number of halogens is 2. The Balaban J connectivity index is 2.26. The van der Waals surface area contributed by atoms with Crippen LogP contribution in [0.3, 0.4) is 0 Å². The number of ether oxygens (including phenoxy) is 1. The first-order valence-corrected chi connectivity index (χ1v) is 8.18. The average Bonchev–Trinajstić information content (AvgIpc) is 2.46. The first-order valence-electron chi connectivity index (χ1n) is 7.42. The number of amides is 1. The van der Waals surface area contributed by atoms with E-state index in [9.17, 15) is 4.79 Å². The monoisotopic (exact) mass is 354 g/mol. The molecule has 0 aliphatic carbocycles. The van der Waals surface area contributed by atoms with E-state index in [0.717, 1.165) is 17.5 Å². The van der Waals surface area contributed by atoms with Crippen molar-refractivity contribution in [2.75, 3.05) is 6.61 Å². The van der Waals surface area contributed by atoms with Crippen LogP contribution in [0.4, 0.5) is 0 Å². The third kappa shape index (κ3) is 4.27. The van der Waals surface area contributed by atoms with Gasteiger partial charge in [-0.2, -0.15) is 0 Å². The van der Waals surface area contributed by atoms with Gasteiger partial charge in [0.25, 0.3) is 5.91 Å². The summed E-state index contributed by atoms with van der Waals surface area (Å²) in [6.07, 6.45) is 0.824. The summed E-state index contributed by atoms with van der Waals surface area (Å²) in [6.45, 7) is 7.67. The molecule has 0 bridgehead atoms. The Kier molecular flexibility index (Phi) is 5.37. The molecule has 0 unspecified atom stereocenters. The predicted molar refractivity (Wildman–Crippen MR) is 94.5 cm³/mol. The molecule has 1 aromatic heterocycles. The lowest BCUT2D eigenvalue weighted by Gasteiger charge is -2.24. The molecule has 0 aliphatic rings. The molecule has 0 atom stereocenters. The maximum Gasteiger partial charge on any atom is 0.258 e. The zero-order valence-electron chi connectivity index (χ0n) is 13.7. The normalized spacial score (nSPS) is 11.6. The first kappa shape index (κ1) is 17.8. The standard InChI is InChI=1S/C17H20Cl2N2O2/c1-5-17(3,4)21-14(22)9-23-16-13(19)8-12(18)11-7-6-10(2)20-15(11)16/h6-8H,5,9H2,1-4H3,(H,21,22). The number of carbonyl (C=O) groups excluding carboxylic acids is 1. The van der Waals surface area contributed by atoms with Gasteiger partial charge in [0.1, 0.15) is 5.52 Å². The SMILES string of the molecule is CCC(C)(C)NC(=O)COc1c(Cl)cc(Cl)c2ccc(C)nc12. The van der Waals surface area contributed by atoms with E-state index in [1.54, 1.807) is 6.07 Å². The van der Waals surface area contributed by atoms with Gasteiger partial charge in [-0.1, -0.05) is 30.1 Å². The molecule has 1 aromatic carbocycles. The lowest BCUT2D eigenvalue weighted by atomic mass is 10.0. The lowest BCUT2D eigenvalue weighted by Crippen LogP contribution is -2.44. The van der Waals surface area contributed by atoms with Crippen LogP contribution in [0.15, 0.2) is 18.2 Å². The molecule has 1 heterocycles. The minimum atomic E-state index is -0.277. The van der Waals surface area contributed by atoms with E-state index in [4.69, 9.17) is 27.9 Å². The largest absolute Gasteiger partial charge is 0.480 e. The summed E-state index contributed by atoms with van der Waals surface area (Å²) in [5.74, 6) is 0.169. The van der Waals surface area contributed by atoms with Crippen molar-refractivity contribution in [2.24, 2.45) is 0 Å². The van der Waals surface area contributed by atoms with Crippen molar-refractivity contribution < 1.29 is 9.53 Å². The van der Waals surface area contributed by atoms with Gasteiger partial charge in [0.2, 0.25) is 0 Å². The Morgan fingerprint density at radius 1 is 1.30 bits per heavy atom. The van der Waals surface area contributed by atoms with E-state index in [0.29, 0.717) is 21.3 Å². The van der Waals surface area contributed by atoms with Gasteiger partial charge in [-0.15, -0.1) is 0 Å². The highest BCUT2D eigenvalue weighted by Crippen LogP contribution is 2.37. The Morgan fingerprint density at radius 2 is 2.00 bits per heavy atom. The van der Waals surface area contributed by atoms with Crippen LogP contribution >= 0.6 is 23.2 Å². The maximum atomic E-state index is 12.0. The first-order chi connectivity index (χ1) is 10.7. The number of carbonyl (C=O) groups is 1. The number of aromatic nitrogens is 1. The third-order valence-corrected chi connectivity index (χ3v) is 4.28. The molecule has 1 N–H and O–H groups in total. The Bertz CT molecular complexity index is 745. The molecular formula is C17H20Cl2N2O2. The number of nitrogens with zero attached hydrogens (tertiary/aromatic N) is 1. The van der Waals surface area contributed by atoms with Gasteiger partial charge < -0.3 is 10.1 Å². The summed E-state index contributed by atoms with van der Waals surface area (Å²) in [6, 6.07) is 5.33. The van der Waals surface area contributed by atoms with Crippen LogP contribution in [0.25, 0.3) is 10.9 Å². The molecule has 124 valence electrons. The van der Waals surface area contributed by atoms with Gasteiger partial charge in [0.15, 0.2) is 12.4 Å². The third-order valence-electron chi connectivity index (χ3n) is 3.69. The van der Waals surface area contributed by atoms with Crippen LogP contribution in [0.1, 0.15) is 32.9 Å². The van der Waals surface area contributed by atoms with E-state index in [-0.39, 0.29) is 18.1 Å². The Labute approximate surface area is 146 Å². The second-order valence-electron chi connectivity index (χ2n) is 6.09. The number of hydrogen-bond donors (Lipinski definition) is 1. The molecule has 2 rings (SSSR count). The number of fused-ring (bicyclic) bond motifs is 1. The quantitative estimate of drug-likeness (QED) is 0.857. The van der Waals surface area contributed by atoms with Crippen molar-refractivity contribution in [1.82, 2.24) is 10.3 Å². The number of hydrogen-bond acceptors (Lipinski definition) is 3. The van der Waals surface area contributed by atoms with Crippen LogP contribution in [-0.4, -0.2) is 23.0 Å². The Hall–Kier alpha value is -1.52. The van der Waals surface area contributed by atoms with Crippen LogP contribution in [0.5, 0.6) is 5.75 Å². The second kappa shape index (κ2) is 6.93. The molecule has 0 saturated carbocycles. The molecule has 23 heavy (non-hydrogen) atoms. The molecular weight excluding hydrogens is 335 g/mol. The minimum absolute atomic E-state index is 0.129. The topological polar surface area (TPSA) is 51.2 Å². The zero-order chi connectivity index (χ0) is 17.2. The summed E-state index contributed by atoms with van der Waals surface area (Å²) in [5, 5.41) is 4.49. The van der Waals surface area contributed by atoms with Gasteiger partial charge in [-0.05, 0) is 45.4 Å². The van der Waals surface area contributed by atoms with Crippen LogP contribution < -0.4 is 10.1 Å². The van der Waals surface area contributed by atoms with Crippen molar-refractivity contribution >= 4 is 40.0 Å². The van der Waals surface area contributed by atoms with Crippen molar-refractivity contribution in [3.63, 3.8) is 0 Å². The number of pyridine rings is 1. The van der Waals surface area contributed by atoms with Gasteiger partial charge in [0, 0.05) is 16.6 Å². The number of aryl methyl sites for hydroxylation is 1. The summed E-state index contributed by atoms with van der Waals surface area (Å²) >= 11 is 12.4. The molecule has 0 spiro atoms. The molecule has 4 nitrogen and oxygen atoms in total. The van der Waals surface area contributed by atoms with E-state index < -0.39 is 0 Å². The fourth-order valence-electron chi connectivity index (χ4n) is 2.07. The van der Waals surface area contributed by atoms with Crippen molar-refractivity contribution in [1.29, 1.82) is 0 Å². The lowest BCUT2D eigenvalue weighted by molar-refractivity contribution is -0.124. The molecule has 6 heteroatoms. The number of rotatable bonds is 5. The maximum absolute atomic E-state index is 12.0. The highest BCUT2D eigenvalue weighted by molar-refractivity contribution is 6.39. The van der Waals surface area contributed by atoms with Crippen molar-refractivity contribution in [3.8, 4) is 5.75 Å². The summed E-state index contributed by atoms with van der Waals surface area (Å²) in [4.78, 5) is 16.5. The summed E-state index contributed by atoms with van der Waals surface area (Å²) in [5.41, 5.74) is 1.10. The minimum Gasteiger partial charge on any atom is -0.480 e. The smallest absolute Gasteiger partial charge is 0.258 e. The summed E-state index contributed by atoms with van der Waals surface area (Å²) < 4.78 is 5.65. The fraction of sp³-hybridized carbons (Fsp3) is 0.412. The molecule has 0 radical (unpaired) electrons. The van der Waals surface area contributed by atoms with Gasteiger partial charge in [-0.25, -0.2) is 4.98 Å². The van der Waals surface area contributed by atoms with Crippen LogP contribution in [0.2, 0.25) is 10.0 Å². The van der Waals surface area contributed by atoms with Gasteiger partial charge in [0.05, 0.1) is 10.0 Å². The van der Waals surface area contributed by atoms with Crippen LogP contribution in [0, 0.1) is 6.92 Å². The average molecular weight is 355 g/mol. The van der Waals surface area contributed by atoms with E-state index in [2.05, 4.69) is 10.3 Å². The van der Waals surface area contributed by atoms with Crippen LogP contribution in [-0.2, 0) is 4.79 Å². The molecule has 1 amide bonds. The zero-order valence-corrected chi connectivity index (χ0v) is 15.2. The Morgan fingerprint density at radius 3 is 2.65 bits per heavy atom. The molecule has 0 aliphatic heterocycles. The van der Waals surface area contributed by atoms with E-state index >= 15 is 0 Å². The predicted octanol–water partition coefficient (Wildman–Crippen LogP) is 4.53. The summed E-state index contributed by atoms with van der Waals surface area (Å²) in [7, 11) is 0.